The topological polar surface area (TPSA) is 55.1 Å². The molecule has 2 aromatic carbocycles. The lowest BCUT2D eigenvalue weighted by Gasteiger charge is -2.20. The van der Waals surface area contributed by atoms with E-state index in [-0.39, 0.29) is 24.4 Å². The number of hydrogen-bond acceptors (Lipinski definition) is 2. The zero-order chi connectivity index (χ0) is 16.1. The molecule has 0 radical (unpaired) electrons. The predicted octanol–water partition coefficient (Wildman–Crippen LogP) is 3.91. The summed E-state index contributed by atoms with van der Waals surface area (Å²) in [6.07, 6.45) is 0. The van der Waals surface area contributed by atoms with Gasteiger partial charge in [-0.2, -0.15) is 0 Å². The second kappa shape index (κ2) is 7.63. The van der Waals surface area contributed by atoms with Gasteiger partial charge in [-0.25, -0.2) is 0 Å². The number of carbonyl (C=O) groups excluding carboxylic acids is 1. The lowest BCUT2D eigenvalue weighted by atomic mass is 9.97. The highest BCUT2D eigenvalue weighted by Gasteiger charge is 2.21. The summed E-state index contributed by atoms with van der Waals surface area (Å²) in [5.41, 5.74) is 7.49. The van der Waals surface area contributed by atoms with Crippen molar-refractivity contribution in [1.29, 1.82) is 0 Å². The van der Waals surface area contributed by atoms with Crippen molar-refractivity contribution < 1.29 is 4.79 Å². The number of benzene rings is 2. The molecule has 0 aliphatic carbocycles. The van der Waals surface area contributed by atoms with E-state index in [9.17, 15) is 4.79 Å². The van der Waals surface area contributed by atoms with Gasteiger partial charge >= 0.3 is 0 Å². The standard InChI is InChI=1S/C17H18Cl2N2O/c1-11(14-8-7-13(18)9-16(14)19)21-17(22)15(10-20)12-5-3-2-4-6-12/h2-9,11,15H,10,20H2,1H3,(H,21,22)/t11-,15-/m1/s1. The maximum Gasteiger partial charge on any atom is 0.229 e. The molecule has 0 aromatic heterocycles. The highest BCUT2D eigenvalue weighted by molar-refractivity contribution is 6.35. The molecule has 2 aromatic rings. The van der Waals surface area contributed by atoms with Crippen molar-refractivity contribution in [2.75, 3.05) is 6.54 Å². The molecular formula is C17H18Cl2N2O. The molecule has 3 nitrogen and oxygen atoms in total. The minimum Gasteiger partial charge on any atom is -0.349 e. The van der Waals surface area contributed by atoms with Gasteiger partial charge in [-0.1, -0.05) is 59.6 Å². The van der Waals surface area contributed by atoms with Crippen LogP contribution < -0.4 is 11.1 Å². The van der Waals surface area contributed by atoms with Crippen LogP contribution in [-0.4, -0.2) is 12.5 Å². The van der Waals surface area contributed by atoms with Gasteiger partial charge < -0.3 is 11.1 Å². The van der Waals surface area contributed by atoms with Crippen LogP contribution in [0.5, 0.6) is 0 Å². The molecular weight excluding hydrogens is 319 g/mol. The van der Waals surface area contributed by atoms with E-state index in [0.29, 0.717) is 10.0 Å². The van der Waals surface area contributed by atoms with Crippen molar-refractivity contribution in [2.24, 2.45) is 5.73 Å². The molecule has 5 heteroatoms. The predicted molar refractivity (Wildman–Crippen MR) is 91.3 cm³/mol. The zero-order valence-corrected chi connectivity index (χ0v) is 13.7. The highest BCUT2D eigenvalue weighted by atomic mass is 35.5. The number of halogens is 2. The number of nitrogens with one attached hydrogen (secondary N) is 1. The SMILES string of the molecule is C[C@@H](NC(=O)[C@H](CN)c1ccccc1)c1ccc(Cl)cc1Cl. The van der Waals surface area contributed by atoms with Crippen LogP contribution in [0.3, 0.4) is 0 Å². The Balaban J connectivity index is 2.13. The summed E-state index contributed by atoms with van der Waals surface area (Å²) in [5.74, 6) is -0.498. The fourth-order valence-corrected chi connectivity index (χ4v) is 2.90. The second-order valence-corrected chi connectivity index (χ2v) is 5.94. The van der Waals surface area contributed by atoms with Crippen molar-refractivity contribution in [2.45, 2.75) is 18.9 Å². The Labute approximate surface area is 140 Å². The molecule has 0 fully saturated rings. The fraction of sp³-hybridized carbons (Fsp3) is 0.235. The third-order valence-electron chi connectivity index (χ3n) is 3.54. The third-order valence-corrected chi connectivity index (χ3v) is 4.10. The van der Waals surface area contributed by atoms with Crippen LogP contribution in [0.4, 0.5) is 0 Å². The number of carbonyl (C=O) groups is 1. The van der Waals surface area contributed by atoms with E-state index in [2.05, 4.69) is 5.32 Å². The fourth-order valence-electron chi connectivity index (χ4n) is 2.32. The Morgan fingerprint density at radius 1 is 1.18 bits per heavy atom. The molecule has 2 rings (SSSR count). The maximum atomic E-state index is 12.5. The molecule has 0 aliphatic heterocycles. The Bertz CT molecular complexity index is 646. The molecule has 0 saturated heterocycles. The van der Waals surface area contributed by atoms with Crippen molar-refractivity contribution in [1.82, 2.24) is 5.32 Å². The number of hydrogen-bond donors (Lipinski definition) is 2. The average molecular weight is 337 g/mol. The Hall–Kier alpha value is -1.55. The smallest absolute Gasteiger partial charge is 0.229 e. The first-order valence-corrected chi connectivity index (χ1v) is 7.79. The first kappa shape index (κ1) is 16.8. The Morgan fingerprint density at radius 2 is 1.86 bits per heavy atom. The van der Waals surface area contributed by atoms with Crippen LogP contribution in [0.25, 0.3) is 0 Å². The van der Waals surface area contributed by atoms with E-state index in [4.69, 9.17) is 28.9 Å². The van der Waals surface area contributed by atoms with Gasteiger partial charge in [-0.15, -0.1) is 0 Å². The van der Waals surface area contributed by atoms with Crippen molar-refractivity contribution >= 4 is 29.1 Å². The Morgan fingerprint density at radius 3 is 2.45 bits per heavy atom. The Kier molecular flexibility index (Phi) is 5.83. The van der Waals surface area contributed by atoms with Crippen molar-refractivity contribution in [3.05, 3.63) is 69.7 Å². The molecule has 0 bridgehead atoms. The van der Waals surface area contributed by atoms with Gasteiger partial charge in [-0.05, 0) is 30.2 Å². The normalized spacial score (nSPS) is 13.5. The quantitative estimate of drug-likeness (QED) is 0.869. The van der Waals surface area contributed by atoms with E-state index < -0.39 is 0 Å². The van der Waals surface area contributed by atoms with Gasteiger partial charge in [0.05, 0.1) is 12.0 Å². The van der Waals surface area contributed by atoms with Crippen LogP contribution >= 0.6 is 23.2 Å². The van der Waals surface area contributed by atoms with E-state index in [1.54, 1.807) is 12.1 Å². The van der Waals surface area contributed by atoms with Gasteiger partial charge in [0.15, 0.2) is 0 Å². The summed E-state index contributed by atoms with van der Waals surface area (Å²) in [4.78, 5) is 12.5. The molecule has 116 valence electrons. The molecule has 0 spiro atoms. The first-order valence-electron chi connectivity index (χ1n) is 7.03. The summed E-state index contributed by atoms with van der Waals surface area (Å²) in [6.45, 7) is 2.13. The van der Waals surface area contributed by atoms with Gasteiger partial charge in [0.25, 0.3) is 0 Å². The molecule has 2 atom stereocenters. The largest absolute Gasteiger partial charge is 0.349 e. The van der Waals surface area contributed by atoms with Crippen LogP contribution in [0.2, 0.25) is 10.0 Å². The van der Waals surface area contributed by atoms with Crippen molar-refractivity contribution in [3.8, 4) is 0 Å². The third kappa shape index (κ3) is 4.01. The summed E-state index contributed by atoms with van der Waals surface area (Å²) < 4.78 is 0. The summed E-state index contributed by atoms with van der Waals surface area (Å²) in [5, 5.41) is 4.06. The molecule has 0 unspecified atom stereocenters. The summed E-state index contributed by atoms with van der Waals surface area (Å²) >= 11 is 12.1. The average Bonchev–Trinajstić information content (AvgIpc) is 2.48. The summed E-state index contributed by atoms with van der Waals surface area (Å²) in [6, 6.07) is 14.5. The van der Waals surface area contributed by atoms with Crippen LogP contribution in [0.1, 0.15) is 30.0 Å². The van der Waals surface area contributed by atoms with Crippen molar-refractivity contribution in [3.63, 3.8) is 0 Å². The lowest BCUT2D eigenvalue weighted by molar-refractivity contribution is -0.123. The van der Waals surface area contributed by atoms with E-state index in [1.807, 2.05) is 43.3 Å². The minimum atomic E-state index is -0.380. The van der Waals surface area contributed by atoms with E-state index in [1.165, 1.54) is 0 Å². The molecule has 0 saturated carbocycles. The van der Waals surface area contributed by atoms with Crippen LogP contribution in [0, 0.1) is 0 Å². The number of rotatable bonds is 5. The molecule has 0 heterocycles. The number of amides is 1. The van der Waals surface area contributed by atoms with Gasteiger partial charge in [0, 0.05) is 16.6 Å². The van der Waals surface area contributed by atoms with Gasteiger partial charge in [0.1, 0.15) is 0 Å². The van der Waals surface area contributed by atoms with Gasteiger partial charge in [0.2, 0.25) is 5.91 Å². The monoisotopic (exact) mass is 336 g/mol. The zero-order valence-electron chi connectivity index (χ0n) is 12.2. The molecule has 22 heavy (non-hydrogen) atoms. The van der Waals surface area contributed by atoms with E-state index >= 15 is 0 Å². The van der Waals surface area contributed by atoms with Gasteiger partial charge in [-0.3, -0.25) is 4.79 Å². The number of nitrogens with two attached hydrogens (primary N) is 1. The molecule has 0 aliphatic rings. The molecule has 3 N–H and O–H groups in total. The minimum absolute atomic E-state index is 0.118. The lowest BCUT2D eigenvalue weighted by Crippen LogP contribution is -2.35. The van der Waals surface area contributed by atoms with Crippen LogP contribution in [-0.2, 0) is 4.79 Å². The molecule has 1 amide bonds. The first-order chi connectivity index (χ1) is 10.5. The van der Waals surface area contributed by atoms with Crippen LogP contribution in [0.15, 0.2) is 48.5 Å². The maximum absolute atomic E-state index is 12.5. The second-order valence-electron chi connectivity index (χ2n) is 5.10. The summed E-state index contributed by atoms with van der Waals surface area (Å²) in [7, 11) is 0. The highest BCUT2D eigenvalue weighted by Crippen LogP contribution is 2.26. The van der Waals surface area contributed by atoms with E-state index in [0.717, 1.165) is 11.1 Å².